The summed E-state index contributed by atoms with van der Waals surface area (Å²) in [5.74, 6) is 0. The third-order valence-corrected chi connectivity index (χ3v) is 7.08. The van der Waals surface area contributed by atoms with Crippen molar-refractivity contribution >= 4 is 21.8 Å². The molecule has 5 aromatic carbocycles. The molecular formula is C36H26N2. The van der Waals surface area contributed by atoms with Crippen LogP contribution in [0, 0.1) is 11.3 Å². The molecule has 1 heterocycles. The second-order valence-corrected chi connectivity index (χ2v) is 9.38. The van der Waals surface area contributed by atoms with E-state index in [1.165, 1.54) is 44.1 Å². The molecule has 38 heavy (non-hydrogen) atoms. The monoisotopic (exact) mass is 486 g/mol. The summed E-state index contributed by atoms with van der Waals surface area (Å²) in [6.45, 7) is 3.70. The Balaban J connectivity index is 1.48. The molecule has 0 saturated carbocycles. The van der Waals surface area contributed by atoms with Crippen molar-refractivity contribution in [3.8, 4) is 34.0 Å². The number of fused-ring (bicyclic) bond motifs is 3. The van der Waals surface area contributed by atoms with Gasteiger partial charge in [0.25, 0.3) is 0 Å². The number of hydrogen-bond acceptors (Lipinski definition) is 1. The second kappa shape index (κ2) is 10.1. The van der Waals surface area contributed by atoms with Crippen LogP contribution in [0.5, 0.6) is 0 Å². The van der Waals surface area contributed by atoms with Crippen LogP contribution in [0.2, 0.25) is 0 Å². The van der Waals surface area contributed by atoms with Crippen molar-refractivity contribution < 1.29 is 0 Å². The molecular weight excluding hydrogens is 460 g/mol. The summed E-state index contributed by atoms with van der Waals surface area (Å²) < 4.78 is 2.35. The minimum absolute atomic E-state index is 0.601. The van der Waals surface area contributed by atoms with Crippen molar-refractivity contribution in [2.24, 2.45) is 0 Å². The van der Waals surface area contributed by atoms with E-state index in [4.69, 9.17) is 5.26 Å². The first kappa shape index (κ1) is 23.3. The van der Waals surface area contributed by atoms with E-state index >= 15 is 0 Å². The third kappa shape index (κ3) is 4.32. The van der Waals surface area contributed by atoms with Crippen LogP contribution in [0.25, 0.3) is 49.7 Å². The van der Waals surface area contributed by atoms with Gasteiger partial charge in [-0.3, -0.25) is 0 Å². The number of nitriles is 1. The zero-order chi connectivity index (χ0) is 25.9. The lowest BCUT2D eigenvalue weighted by Gasteiger charge is -2.08. The molecule has 0 atom stereocenters. The van der Waals surface area contributed by atoms with Crippen molar-refractivity contribution in [3.05, 3.63) is 151 Å². The first-order valence-corrected chi connectivity index (χ1v) is 12.8. The molecule has 0 aliphatic rings. The van der Waals surface area contributed by atoms with Crippen LogP contribution in [0.4, 0.5) is 0 Å². The molecule has 2 nitrogen and oxygen atoms in total. The Labute approximate surface area is 223 Å². The number of para-hydroxylation sites is 1. The van der Waals surface area contributed by atoms with Gasteiger partial charge in [0, 0.05) is 22.0 Å². The van der Waals surface area contributed by atoms with Gasteiger partial charge in [-0.15, -0.1) is 0 Å². The van der Waals surface area contributed by atoms with E-state index in [2.05, 4.69) is 139 Å². The van der Waals surface area contributed by atoms with Crippen LogP contribution < -0.4 is 0 Å². The summed E-state index contributed by atoms with van der Waals surface area (Å²) in [6.07, 6.45) is 4.22. The highest BCUT2D eigenvalue weighted by Gasteiger charge is 2.14. The van der Waals surface area contributed by atoms with Gasteiger partial charge in [0.2, 0.25) is 0 Å². The van der Waals surface area contributed by atoms with Crippen LogP contribution in [-0.4, -0.2) is 4.57 Å². The Morgan fingerprint density at radius 3 is 1.74 bits per heavy atom. The highest BCUT2D eigenvalue weighted by Crippen LogP contribution is 2.37. The minimum Gasteiger partial charge on any atom is -0.309 e. The van der Waals surface area contributed by atoms with Crippen LogP contribution in [-0.2, 0) is 6.42 Å². The van der Waals surface area contributed by atoms with Gasteiger partial charge in [-0.1, -0.05) is 104 Å². The van der Waals surface area contributed by atoms with Crippen molar-refractivity contribution in [3.63, 3.8) is 0 Å². The zero-order valence-electron chi connectivity index (χ0n) is 21.0. The van der Waals surface area contributed by atoms with E-state index < -0.39 is 0 Å². The Hall–Kier alpha value is -5.13. The predicted molar refractivity (Wildman–Crippen MR) is 159 cm³/mol. The highest BCUT2D eigenvalue weighted by atomic mass is 15.0. The summed E-state index contributed by atoms with van der Waals surface area (Å²) in [5, 5.41) is 11.6. The normalized spacial score (nSPS) is 11.5. The topological polar surface area (TPSA) is 28.7 Å². The van der Waals surface area contributed by atoms with Gasteiger partial charge >= 0.3 is 0 Å². The molecule has 180 valence electrons. The summed E-state index contributed by atoms with van der Waals surface area (Å²) in [4.78, 5) is 0. The standard InChI is InChI=1S/C36H26N2/c1-2-26(25-37)13-14-27-15-17-29(18-16-27)31-20-22-36-34(24-31)33-23-30(28-9-5-3-6-10-28)19-21-35(33)38(36)32-11-7-4-8-12-32/h2-13,15-24H,1,14H2/b26-13+. The van der Waals surface area contributed by atoms with Crippen molar-refractivity contribution in [1.82, 2.24) is 4.57 Å². The van der Waals surface area contributed by atoms with Gasteiger partial charge in [-0.05, 0) is 70.6 Å². The molecule has 0 spiro atoms. The summed E-state index contributed by atoms with van der Waals surface area (Å²) in [5.41, 5.74) is 10.1. The molecule has 0 unspecified atom stereocenters. The van der Waals surface area contributed by atoms with Gasteiger partial charge in [-0.2, -0.15) is 5.26 Å². The fraction of sp³-hybridized carbons (Fsp3) is 0.0278. The molecule has 0 saturated heterocycles. The van der Waals surface area contributed by atoms with E-state index in [0.29, 0.717) is 12.0 Å². The Morgan fingerprint density at radius 1 is 0.658 bits per heavy atom. The first-order valence-electron chi connectivity index (χ1n) is 12.8. The smallest absolute Gasteiger partial charge is 0.0988 e. The summed E-state index contributed by atoms with van der Waals surface area (Å²) >= 11 is 0. The SMILES string of the molecule is C=C/C(C#N)=C\Cc1ccc(-c2ccc3c(c2)c2cc(-c4ccccc4)ccc2n3-c2ccccc2)cc1. The number of aromatic nitrogens is 1. The molecule has 0 radical (unpaired) electrons. The largest absolute Gasteiger partial charge is 0.309 e. The van der Waals surface area contributed by atoms with Gasteiger partial charge in [-0.25, -0.2) is 0 Å². The molecule has 0 amide bonds. The van der Waals surface area contributed by atoms with E-state index in [0.717, 1.165) is 11.3 Å². The average Bonchev–Trinajstić information content (AvgIpc) is 3.32. The third-order valence-electron chi connectivity index (χ3n) is 7.08. The average molecular weight is 487 g/mol. The summed E-state index contributed by atoms with van der Waals surface area (Å²) in [7, 11) is 0. The van der Waals surface area contributed by atoms with E-state index in [1.807, 2.05) is 6.08 Å². The highest BCUT2D eigenvalue weighted by molar-refractivity contribution is 6.11. The minimum atomic E-state index is 0.601. The number of benzene rings is 5. The number of nitrogens with zero attached hydrogens (tertiary/aromatic N) is 2. The van der Waals surface area contributed by atoms with Crippen molar-refractivity contribution in [2.45, 2.75) is 6.42 Å². The molecule has 0 fully saturated rings. The van der Waals surface area contributed by atoms with Crippen molar-refractivity contribution in [1.29, 1.82) is 5.26 Å². The van der Waals surface area contributed by atoms with Crippen molar-refractivity contribution in [2.75, 3.05) is 0 Å². The predicted octanol–water partition coefficient (Wildman–Crippen LogP) is 9.30. The molecule has 0 aliphatic carbocycles. The second-order valence-electron chi connectivity index (χ2n) is 9.38. The fourth-order valence-corrected chi connectivity index (χ4v) is 5.10. The molecule has 6 rings (SSSR count). The van der Waals surface area contributed by atoms with Gasteiger partial charge in [0.15, 0.2) is 0 Å². The van der Waals surface area contributed by atoms with Gasteiger partial charge in [0.05, 0.1) is 17.1 Å². The Morgan fingerprint density at radius 2 is 1.18 bits per heavy atom. The maximum absolute atomic E-state index is 9.12. The molecule has 0 N–H and O–H groups in total. The van der Waals surface area contributed by atoms with Crippen LogP contribution in [0.1, 0.15) is 5.56 Å². The fourth-order valence-electron chi connectivity index (χ4n) is 5.10. The quantitative estimate of drug-likeness (QED) is 0.170. The van der Waals surface area contributed by atoms with E-state index in [1.54, 1.807) is 6.08 Å². The van der Waals surface area contributed by atoms with Gasteiger partial charge < -0.3 is 4.57 Å². The van der Waals surface area contributed by atoms with Crippen LogP contribution >= 0.6 is 0 Å². The lowest BCUT2D eigenvalue weighted by molar-refractivity contribution is 1.18. The van der Waals surface area contributed by atoms with Crippen LogP contribution in [0.3, 0.4) is 0 Å². The molecule has 0 bridgehead atoms. The number of rotatable bonds is 6. The van der Waals surface area contributed by atoms with E-state index in [9.17, 15) is 0 Å². The molecule has 6 aromatic rings. The van der Waals surface area contributed by atoms with Gasteiger partial charge in [0.1, 0.15) is 0 Å². The molecule has 1 aromatic heterocycles. The Kier molecular flexibility index (Phi) is 6.18. The maximum Gasteiger partial charge on any atom is 0.0988 e. The maximum atomic E-state index is 9.12. The lowest BCUT2D eigenvalue weighted by atomic mass is 9.99. The molecule has 2 heteroatoms. The summed E-state index contributed by atoms with van der Waals surface area (Å²) in [6, 6.07) is 45.4. The Bertz CT molecular complexity index is 1830. The zero-order valence-corrected chi connectivity index (χ0v) is 21.0. The van der Waals surface area contributed by atoms with Crippen LogP contribution in [0.15, 0.2) is 146 Å². The number of allylic oxidation sites excluding steroid dienone is 3. The van der Waals surface area contributed by atoms with E-state index in [-0.39, 0.29) is 0 Å². The lowest BCUT2D eigenvalue weighted by Crippen LogP contribution is -1.93. The first-order chi connectivity index (χ1) is 18.7. The molecule has 0 aliphatic heterocycles. The number of hydrogen-bond donors (Lipinski definition) is 0.